The summed E-state index contributed by atoms with van der Waals surface area (Å²) in [5.74, 6) is 1.69. The standard InChI is InChI=1S/C13H17N5O2S/c19-12(10-7-14-1-2-15-10)17-3-5-18(6-4-17)13(20)11-8-21-9-16-11/h1-2,7,11,16H,3-6,8-9H2. The van der Waals surface area contributed by atoms with Crippen LogP contribution in [-0.2, 0) is 4.79 Å². The number of amides is 2. The summed E-state index contributed by atoms with van der Waals surface area (Å²) in [4.78, 5) is 36.0. The van der Waals surface area contributed by atoms with Gasteiger partial charge in [-0.05, 0) is 0 Å². The van der Waals surface area contributed by atoms with Crippen LogP contribution in [0.1, 0.15) is 10.5 Å². The Labute approximate surface area is 127 Å². The molecular formula is C13H17N5O2S. The highest BCUT2D eigenvalue weighted by Gasteiger charge is 2.31. The number of hydrogen-bond donors (Lipinski definition) is 1. The monoisotopic (exact) mass is 307 g/mol. The summed E-state index contributed by atoms with van der Waals surface area (Å²) in [5.41, 5.74) is 0.353. The first-order valence-electron chi connectivity index (χ1n) is 6.91. The van der Waals surface area contributed by atoms with Crippen LogP contribution in [0, 0.1) is 0 Å². The van der Waals surface area contributed by atoms with Crippen LogP contribution in [0.2, 0.25) is 0 Å². The molecule has 0 saturated carbocycles. The molecule has 112 valence electrons. The topological polar surface area (TPSA) is 78.4 Å². The summed E-state index contributed by atoms with van der Waals surface area (Å²) in [6.45, 7) is 2.24. The maximum absolute atomic E-state index is 12.3. The van der Waals surface area contributed by atoms with Crippen molar-refractivity contribution in [3.8, 4) is 0 Å². The zero-order valence-electron chi connectivity index (χ0n) is 11.6. The zero-order valence-corrected chi connectivity index (χ0v) is 12.4. The van der Waals surface area contributed by atoms with Crippen molar-refractivity contribution in [2.24, 2.45) is 0 Å². The minimum Gasteiger partial charge on any atom is -0.338 e. The molecule has 0 aliphatic carbocycles. The summed E-state index contributed by atoms with van der Waals surface area (Å²) in [6.07, 6.45) is 4.52. The Bertz CT molecular complexity index is 513. The van der Waals surface area contributed by atoms with Crippen LogP contribution >= 0.6 is 11.8 Å². The molecule has 2 saturated heterocycles. The van der Waals surface area contributed by atoms with E-state index in [2.05, 4.69) is 15.3 Å². The largest absolute Gasteiger partial charge is 0.338 e. The molecular weight excluding hydrogens is 290 g/mol. The Balaban J connectivity index is 1.55. The molecule has 3 heterocycles. The number of rotatable bonds is 2. The Kier molecular flexibility index (Phi) is 4.35. The van der Waals surface area contributed by atoms with Crippen LogP contribution in [-0.4, -0.2) is 75.4 Å². The molecule has 0 spiro atoms. The van der Waals surface area contributed by atoms with E-state index in [-0.39, 0.29) is 17.9 Å². The maximum Gasteiger partial charge on any atom is 0.274 e. The van der Waals surface area contributed by atoms with Crippen LogP contribution in [0.5, 0.6) is 0 Å². The van der Waals surface area contributed by atoms with Gasteiger partial charge in [0, 0.05) is 50.2 Å². The zero-order chi connectivity index (χ0) is 14.7. The minimum atomic E-state index is -0.121. The summed E-state index contributed by atoms with van der Waals surface area (Å²) >= 11 is 1.74. The van der Waals surface area contributed by atoms with Crippen molar-refractivity contribution in [3.63, 3.8) is 0 Å². The molecule has 1 atom stereocenters. The fourth-order valence-electron chi connectivity index (χ4n) is 2.48. The second kappa shape index (κ2) is 6.40. The van der Waals surface area contributed by atoms with Crippen LogP contribution < -0.4 is 5.32 Å². The number of aromatic nitrogens is 2. The van der Waals surface area contributed by atoms with Crippen molar-refractivity contribution in [3.05, 3.63) is 24.3 Å². The molecule has 0 aromatic carbocycles. The lowest BCUT2D eigenvalue weighted by molar-refractivity contribution is -0.134. The Hall–Kier alpha value is -1.67. The lowest BCUT2D eigenvalue weighted by Gasteiger charge is -2.35. The number of carbonyl (C=O) groups is 2. The summed E-state index contributed by atoms with van der Waals surface area (Å²) < 4.78 is 0. The van der Waals surface area contributed by atoms with Gasteiger partial charge >= 0.3 is 0 Å². The molecule has 0 radical (unpaired) electrons. The van der Waals surface area contributed by atoms with Crippen molar-refractivity contribution >= 4 is 23.6 Å². The molecule has 21 heavy (non-hydrogen) atoms. The molecule has 7 nitrogen and oxygen atoms in total. The van der Waals surface area contributed by atoms with Crippen molar-refractivity contribution in [2.75, 3.05) is 37.8 Å². The Morgan fingerprint density at radius 1 is 1.19 bits per heavy atom. The van der Waals surface area contributed by atoms with Gasteiger partial charge in [0.15, 0.2) is 0 Å². The first kappa shape index (κ1) is 14.3. The fraction of sp³-hybridized carbons (Fsp3) is 0.538. The van der Waals surface area contributed by atoms with Gasteiger partial charge in [0.1, 0.15) is 5.69 Å². The lowest BCUT2D eigenvalue weighted by atomic mass is 10.2. The van der Waals surface area contributed by atoms with E-state index < -0.39 is 0 Å². The van der Waals surface area contributed by atoms with Crippen molar-refractivity contribution in [1.82, 2.24) is 25.1 Å². The van der Waals surface area contributed by atoms with Gasteiger partial charge < -0.3 is 9.80 Å². The SMILES string of the molecule is O=C(c1cnccn1)N1CCN(C(=O)C2CSCN2)CC1. The van der Waals surface area contributed by atoms with Gasteiger partial charge in [-0.1, -0.05) is 0 Å². The van der Waals surface area contributed by atoms with Gasteiger partial charge in [0.25, 0.3) is 5.91 Å². The average molecular weight is 307 g/mol. The third kappa shape index (κ3) is 3.16. The predicted octanol–water partition coefficient (Wildman–Crippen LogP) is -0.576. The molecule has 0 bridgehead atoms. The summed E-state index contributed by atoms with van der Waals surface area (Å²) in [6, 6.07) is -0.0720. The highest BCUT2D eigenvalue weighted by molar-refractivity contribution is 7.99. The lowest BCUT2D eigenvalue weighted by Crippen LogP contribution is -2.54. The number of hydrogen-bond acceptors (Lipinski definition) is 6. The van der Waals surface area contributed by atoms with Crippen LogP contribution in [0.15, 0.2) is 18.6 Å². The molecule has 1 aromatic rings. The smallest absolute Gasteiger partial charge is 0.274 e. The van der Waals surface area contributed by atoms with Crippen molar-refractivity contribution in [2.45, 2.75) is 6.04 Å². The highest BCUT2D eigenvalue weighted by atomic mass is 32.2. The Morgan fingerprint density at radius 2 is 1.95 bits per heavy atom. The second-order valence-electron chi connectivity index (χ2n) is 4.98. The maximum atomic E-state index is 12.3. The Morgan fingerprint density at radius 3 is 2.57 bits per heavy atom. The van der Waals surface area contributed by atoms with Gasteiger partial charge in [-0.2, -0.15) is 0 Å². The number of thioether (sulfide) groups is 1. The average Bonchev–Trinajstić information content (AvgIpc) is 3.09. The molecule has 8 heteroatoms. The van der Waals surface area contributed by atoms with Gasteiger partial charge in [-0.15, -0.1) is 11.8 Å². The summed E-state index contributed by atoms with van der Waals surface area (Å²) in [7, 11) is 0. The van der Waals surface area contributed by atoms with Gasteiger partial charge in [-0.3, -0.25) is 19.9 Å². The third-order valence-electron chi connectivity index (χ3n) is 3.68. The van der Waals surface area contributed by atoms with Crippen molar-refractivity contribution in [1.29, 1.82) is 0 Å². The first-order valence-corrected chi connectivity index (χ1v) is 8.06. The van der Waals surface area contributed by atoms with Gasteiger partial charge in [-0.25, -0.2) is 4.98 Å². The predicted molar refractivity (Wildman–Crippen MR) is 78.8 cm³/mol. The molecule has 2 amide bonds. The van der Waals surface area contributed by atoms with Crippen molar-refractivity contribution < 1.29 is 9.59 Å². The highest BCUT2D eigenvalue weighted by Crippen LogP contribution is 2.14. The van der Waals surface area contributed by atoms with Crippen LogP contribution in [0.3, 0.4) is 0 Å². The van der Waals surface area contributed by atoms with Crippen LogP contribution in [0.4, 0.5) is 0 Å². The normalized spacial score (nSPS) is 22.4. The number of nitrogens with one attached hydrogen (secondary N) is 1. The second-order valence-corrected chi connectivity index (χ2v) is 6.01. The quantitative estimate of drug-likeness (QED) is 0.788. The molecule has 2 fully saturated rings. The van der Waals surface area contributed by atoms with Gasteiger partial charge in [0.05, 0.1) is 12.2 Å². The van der Waals surface area contributed by atoms with E-state index in [4.69, 9.17) is 0 Å². The van der Waals surface area contributed by atoms with E-state index in [9.17, 15) is 9.59 Å². The molecule has 2 aliphatic rings. The first-order chi connectivity index (χ1) is 10.3. The molecule has 1 aromatic heterocycles. The number of nitrogens with zero attached hydrogens (tertiary/aromatic N) is 4. The third-order valence-corrected chi connectivity index (χ3v) is 4.62. The summed E-state index contributed by atoms with van der Waals surface area (Å²) in [5, 5.41) is 3.19. The molecule has 2 aliphatic heterocycles. The molecule has 1 unspecified atom stereocenters. The van der Waals surface area contributed by atoms with E-state index in [1.165, 1.54) is 12.4 Å². The van der Waals surface area contributed by atoms with E-state index >= 15 is 0 Å². The minimum absolute atomic E-state index is 0.0720. The number of carbonyl (C=O) groups excluding carboxylic acids is 2. The van der Waals surface area contributed by atoms with Crippen LogP contribution in [0.25, 0.3) is 0 Å². The fourth-order valence-corrected chi connectivity index (χ4v) is 3.41. The van der Waals surface area contributed by atoms with E-state index in [1.807, 2.05) is 4.90 Å². The van der Waals surface area contributed by atoms with E-state index in [0.717, 1.165) is 11.6 Å². The molecule has 3 rings (SSSR count). The van der Waals surface area contributed by atoms with E-state index in [0.29, 0.717) is 31.9 Å². The number of piperazine rings is 1. The van der Waals surface area contributed by atoms with Gasteiger partial charge in [0.2, 0.25) is 5.91 Å². The molecule has 1 N–H and O–H groups in total. The van der Waals surface area contributed by atoms with E-state index in [1.54, 1.807) is 22.9 Å².